The van der Waals surface area contributed by atoms with Crippen molar-refractivity contribution in [3.63, 3.8) is 0 Å². The molecule has 0 aromatic heterocycles. The Bertz CT molecular complexity index is 304. The molecule has 6 nitrogen and oxygen atoms in total. The summed E-state index contributed by atoms with van der Waals surface area (Å²) in [5.74, 6) is -0.0710. The van der Waals surface area contributed by atoms with E-state index < -0.39 is 0 Å². The molecule has 0 aromatic rings. The van der Waals surface area contributed by atoms with Gasteiger partial charge in [0.05, 0.1) is 32.8 Å². The van der Waals surface area contributed by atoms with Crippen LogP contribution in [0.1, 0.15) is 32.6 Å². The number of aliphatic hydroxyl groups excluding tert-OH is 1. The lowest BCUT2D eigenvalue weighted by Gasteiger charge is -2.31. The molecule has 1 amide bonds. The Kier molecular flexibility index (Phi) is 8.22. The van der Waals surface area contributed by atoms with Gasteiger partial charge in [0, 0.05) is 19.0 Å². The van der Waals surface area contributed by atoms with Crippen LogP contribution in [0.5, 0.6) is 0 Å². The highest BCUT2D eigenvalue weighted by Gasteiger charge is 2.29. The van der Waals surface area contributed by atoms with Gasteiger partial charge in [-0.15, -0.1) is 0 Å². The van der Waals surface area contributed by atoms with Crippen LogP contribution in [0, 0.1) is 5.92 Å². The van der Waals surface area contributed by atoms with Crippen molar-refractivity contribution < 1.29 is 24.2 Å². The van der Waals surface area contributed by atoms with Gasteiger partial charge in [0.15, 0.2) is 0 Å². The number of nitrogens with zero attached hydrogens (tertiary/aromatic N) is 1. The predicted molar refractivity (Wildman–Crippen MR) is 73.1 cm³/mol. The maximum atomic E-state index is 12.2. The monoisotopic (exact) mass is 287 g/mol. The van der Waals surface area contributed by atoms with Crippen LogP contribution in [0.4, 0.5) is 0 Å². The number of hydrogen-bond donors (Lipinski definition) is 1. The van der Waals surface area contributed by atoms with E-state index in [0.29, 0.717) is 26.3 Å². The summed E-state index contributed by atoms with van der Waals surface area (Å²) in [6.07, 6.45) is 3.19. The number of rotatable bonds is 10. The van der Waals surface area contributed by atoms with Gasteiger partial charge in [-0.2, -0.15) is 0 Å². The second-order valence-electron chi connectivity index (χ2n) is 4.84. The highest BCUT2D eigenvalue weighted by atomic mass is 16.5. The summed E-state index contributed by atoms with van der Waals surface area (Å²) in [6, 6.07) is 0. The van der Waals surface area contributed by atoms with E-state index in [-0.39, 0.29) is 37.4 Å². The Balaban J connectivity index is 2.36. The summed E-state index contributed by atoms with van der Waals surface area (Å²) in [4.78, 5) is 25.3. The van der Waals surface area contributed by atoms with Crippen LogP contribution in [0.3, 0.4) is 0 Å². The van der Waals surface area contributed by atoms with E-state index in [4.69, 9.17) is 14.6 Å². The van der Waals surface area contributed by atoms with Gasteiger partial charge in [-0.3, -0.25) is 9.59 Å². The summed E-state index contributed by atoms with van der Waals surface area (Å²) in [5, 5.41) is 8.64. The molecule has 0 saturated heterocycles. The molecule has 1 aliphatic carbocycles. The van der Waals surface area contributed by atoms with Crippen LogP contribution in [0.25, 0.3) is 0 Å². The topological polar surface area (TPSA) is 76.1 Å². The molecule has 1 fully saturated rings. The number of amides is 1. The summed E-state index contributed by atoms with van der Waals surface area (Å²) in [5.41, 5.74) is 0. The average Bonchev–Trinajstić information content (AvgIpc) is 2.36. The first-order valence-electron chi connectivity index (χ1n) is 7.32. The van der Waals surface area contributed by atoms with Crippen molar-refractivity contribution >= 4 is 11.9 Å². The molecule has 1 aliphatic rings. The predicted octanol–water partition coefficient (Wildman–Crippen LogP) is 0.577. The first-order valence-corrected chi connectivity index (χ1v) is 7.32. The number of carbonyl (C=O) groups excluding carboxylic acids is 2. The molecule has 0 radical (unpaired) electrons. The maximum Gasteiger partial charge on any atom is 0.307 e. The van der Waals surface area contributed by atoms with Crippen molar-refractivity contribution in [1.29, 1.82) is 0 Å². The summed E-state index contributed by atoms with van der Waals surface area (Å²) < 4.78 is 10.1. The first-order chi connectivity index (χ1) is 9.69. The van der Waals surface area contributed by atoms with Crippen molar-refractivity contribution in [3.8, 4) is 0 Å². The number of aliphatic hydroxyl groups is 1. The van der Waals surface area contributed by atoms with Gasteiger partial charge >= 0.3 is 5.97 Å². The van der Waals surface area contributed by atoms with Crippen molar-refractivity contribution in [2.75, 3.05) is 39.5 Å². The molecular formula is C14H25NO5. The lowest BCUT2D eigenvalue weighted by Crippen LogP contribution is -2.42. The molecule has 20 heavy (non-hydrogen) atoms. The molecule has 0 spiro atoms. The smallest absolute Gasteiger partial charge is 0.307 e. The minimum atomic E-state index is -0.282. The van der Waals surface area contributed by atoms with Crippen LogP contribution >= 0.6 is 0 Å². The Hall–Kier alpha value is -1.14. The number of carbonyl (C=O) groups is 2. The summed E-state index contributed by atoms with van der Waals surface area (Å²) in [6.45, 7) is 3.56. The fourth-order valence-electron chi connectivity index (χ4n) is 2.05. The third-order valence-corrected chi connectivity index (χ3v) is 3.40. The molecule has 1 saturated carbocycles. The van der Waals surface area contributed by atoms with Crippen LogP contribution in [-0.2, 0) is 19.1 Å². The molecule has 1 N–H and O–H groups in total. The molecule has 0 aromatic carbocycles. The highest BCUT2D eigenvalue weighted by Crippen LogP contribution is 2.28. The minimum Gasteiger partial charge on any atom is -0.466 e. The van der Waals surface area contributed by atoms with E-state index in [1.54, 1.807) is 11.8 Å². The second-order valence-corrected chi connectivity index (χ2v) is 4.84. The normalized spacial score (nSPS) is 14.7. The van der Waals surface area contributed by atoms with Gasteiger partial charge in [0.1, 0.15) is 0 Å². The van der Waals surface area contributed by atoms with Crippen molar-refractivity contribution in [2.24, 2.45) is 5.92 Å². The van der Waals surface area contributed by atoms with Crippen molar-refractivity contribution in [1.82, 2.24) is 4.90 Å². The Labute approximate surface area is 120 Å². The van der Waals surface area contributed by atoms with E-state index >= 15 is 0 Å². The molecule has 116 valence electrons. The van der Waals surface area contributed by atoms with E-state index in [1.807, 2.05) is 0 Å². The Morgan fingerprint density at radius 1 is 1.25 bits per heavy atom. The fraction of sp³-hybridized carbons (Fsp3) is 0.857. The Morgan fingerprint density at radius 2 is 2.00 bits per heavy atom. The SMILES string of the molecule is CCOC(=O)CCN(CCOCCO)C(=O)C1CCC1. The quantitative estimate of drug-likeness (QED) is 0.470. The standard InChI is InChI=1S/C14H25NO5/c1-2-20-13(17)6-7-15(8-10-19-11-9-16)14(18)12-4-3-5-12/h12,16H,2-11H2,1H3. The van der Waals surface area contributed by atoms with E-state index in [2.05, 4.69) is 0 Å². The molecular weight excluding hydrogens is 262 g/mol. The molecule has 0 aliphatic heterocycles. The Morgan fingerprint density at radius 3 is 2.55 bits per heavy atom. The molecule has 1 rings (SSSR count). The summed E-state index contributed by atoms with van der Waals surface area (Å²) >= 11 is 0. The van der Waals surface area contributed by atoms with Gasteiger partial charge in [-0.25, -0.2) is 0 Å². The maximum absolute atomic E-state index is 12.2. The van der Waals surface area contributed by atoms with Crippen LogP contribution in [0.2, 0.25) is 0 Å². The minimum absolute atomic E-state index is 0.0284. The largest absolute Gasteiger partial charge is 0.466 e. The lowest BCUT2D eigenvalue weighted by atomic mass is 9.84. The molecule has 0 unspecified atom stereocenters. The highest BCUT2D eigenvalue weighted by molar-refractivity contribution is 5.80. The first kappa shape index (κ1) is 16.9. The van der Waals surface area contributed by atoms with Crippen molar-refractivity contribution in [2.45, 2.75) is 32.6 Å². The number of esters is 1. The summed E-state index contributed by atoms with van der Waals surface area (Å²) in [7, 11) is 0. The molecule has 0 bridgehead atoms. The fourth-order valence-corrected chi connectivity index (χ4v) is 2.05. The third kappa shape index (κ3) is 5.88. The van der Waals surface area contributed by atoms with Crippen LogP contribution in [0.15, 0.2) is 0 Å². The van der Waals surface area contributed by atoms with E-state index in [1.165, 1.54) is 0 Å². The number of ether oxygens (including phenoxy) is 2. The van der Waals surface area contributed by atoms with Crippen LogP contribution < -0.4 is 0 Å². The van der Waals surface area contributed by atoms with Gasteiger partial charge < -0.3 is 19.5 Å². The van der Waals surface area contributed by atoms with E-state index in [0.717, 1.165) is 19.3 Å². The third-order valence-electron chi connectivity index (χ3n) is 3.40. The molecule has 6 heteroatoms. The van der Waals surface area contributed by atoms with E-state index in [9.17, 15) is 9.59 Å². The zero-order valence-corrected chi connectivity index (χ0v) is 12.2. The zero-order valence-electron chi connectivity index (χ0n) is 12.2. The molecule has 0 heterocycles. The van der Waals surface area contributed by atoms with Gasteiger partial charge in [0.2, 0.25) is 5.91 Å². The number of hydrogen-bond acceptors (Lipinski definition) is 5. The average molecular weight is 287 g/mol. The second kappa shape index (κ2) is 9.72. The lowest BCUT2D eigenvalue weighted by molar-refractivity contribution is -0.145. The van der Waals surface area contributed by atoms with Gasteiger partial charge in [0.25, 0.3) is 0 Å². The van der Waals surface area contributed by atoms with Gasteiger partial charge in [-0.05, 0) is 19.8 Å². The molecule has 0 atom stereocenters. The van der Waals surface area contributed by atoms with Gasteiger partial charge in [-0.1, -0.05) is 6.42 Å². The zero-order chi connectivity index (χ0) is 14.8. The van der Waals surface area contributed by atoms with Crippen molar-refractivity contribution in [3.05, 3.63) is 0 Å². The van der Waals surface area contributed by atoms with Crippen LogP contribution in [-0.4, -0.2) is 61.4 Å².